The Hall–Kier alpha value is -0.690. The zero-order chi connectivity index (χ0) is 8.10. The highest BCUT2D eigenvalue weighted by Gasteiger charge is 1.84. The van der Waals surface area contributed by atoms with Gasteiger partial charge in [-0.1, -0.05) is 34.4 Å². The van der Waals surface area contributed by atoms with E-state index in [0.29, 0.717) is 0 Å². The van der Waals surface area contributed by atoms with Crippen molar-refractivity contribution in [3.05, 3.63) is 29.8 Å². The second kappa shape index (κ2) is 4.24. The largest absolute Gasteiger partial charge is 0.399 e. The minimum absolute atomic E-state index is 0.782. The van der Waals surface area contributed by atoms with Crippen molar-refractivity contribution in [1.29, 1.82) is 0 Å². The van der Waals surface area contributed by atoms with Crippen molar-refractivity contribution < 1.29 is 0 Å². The standard InChI is InChI=1S/C9H8IN/c10-7-1-2-8-3-5-9(11)6-4-8/h3-6H,7,11H2. The number of alkyl halides is 1. The molecule has 0 amide bonds. The average molecular weight is 257 g/mol. The zero-order valence-electron chi connectivity index (χ0n) is 5.97. The minimum atomic E-state index is 0.782. The highest BCUT2D eigenvalue weighted by molar-refractivity contribution is 14.1. The van der Waals surface area contributed by atoms with E-state index in [0.717, 1.165) is 15.7 Å². The first-order chi connectivity index (χ1) is 5.33. The lowest BCUT2D eigenvalue weighted by Crippen LogP contribution is -1.82. The summed E-state index contributed by atoms with van der Waals surface area (Å²) in [5.74, 6) is 5.99. The predicted octanol–water partition coefficient (Wildman–Crippen LogP) is 2.06. The number of rotatable bonds is 0. The van der Waals surface area contributed by atoms with Crippen LogP contribution in [0.4, 0.5) is 5.69 Å². The van der Waals surface area contributed by atoms with E-state index in [1.807, 2.05) is 24.3 Å². The molecule has 1 rings (SSSR count). The summed E-state index contributed by atoms with van der Waals surface area (Å²) in [6.45, 7) is 0. The third kappa shape index (κ3) is 2.81. The fourth-order valence-corrected chi connectivity index (χ4v) is 0.893. The van der Waals surface area contributed by atoms with Gasteiger partial charge in [-0.05, 0) is 24.3 Å². The summed E-state index contributed by atoms with van der Waals surface area (Å²) >= 11 is 2.22. The van der Waals surface area contributed by atoms with Crippen LogP contribution in [0.15, 0.2) is 24.3 Å². The number of anilines is 1. The van der Waals surface area contributed by atoms with Crippen LogP contribution < -0.4 is 5.73 Å². The smallest absolute Gasteiger partial charge is 0.0613 e. The van der Waals surface area contributed by atoms with E-state index in [1.165, 1.54) is 0 Å². The molecule has 2 heteroatoms. The number of benzene rings is 1. The molecule has 1 nitrogen and oxygen atoms in total. The zero-order valence-corrected chi connectivity index (χ0v) is 8.13. The van der Waals surface area contributed by atoms with Gasteiger partial charge in [0.1, 0.15) is 0 Å². The first-order valence-electron chi connectivity index (χ1n) is 3.23. The molecule has 0 saturated carbocycles. The predicted molar refractivity (Wildman–Crippen MR) is 56.6 cm³/mol. The van der Waals surface area contributed by atoms with Gasteiger partial charge in [-0.25, -0.2) is 0 Å². The summed E-state index contributed by atoms with van der Waals surface area (Å²) < 4.78 is 0.863. The molecule has 0 aromatic heterocycles. The highest BCUT2D eigenvalue weighted by Crippen LogP contribution is 2.03. The molecule has 2 N–H and O–H groups in total. The Labute approximate surface area is 80.1 Å². The van der Waals surface area contributed by atoms with Crippen LogP contribution in [-0.4, -0.2) is 4.43 Å². The fourth-order valence-electron chi connectivity index (χ4n) is 0.702. The summed E-state index contributed by atoms with van der Waals surface area (Å²) in [5, 5.41) is 0. The normalized spacial score (nSPS) is 8.45. The Morgan fingerprint density at radius 3 is 2.45 bits per heavy atom. The van der Waals surface area contributed by atoms with Gasteiger partial charge in [-0.2, -0.15) is 0 Å². The van der Waals surface area contributed by atoms with Gasteiger partial charge in [0, 0.05) is 11.3 Å². The number of hydrogen-bond acceptors (Lipinski definition) is 1. The molecule has 0 spiro atoms. The Morgan fingerprint density at radius 1 is 1.27 bits per heavy atom. The molecule has 1 aromatic rings. The van der Waals surface area contributed by atoms with Crippen molar-refractivity contribution in [2.75, 3.05) is 10.2 Å². The van der Waals surface area contributed by atoms with Crippen LogP contribution in [0.3, 0.4) is 0 Å². The SMILES string of the molecule is Nc1ccc(C#CCI)cc1. The Bertz CT molecular complexity index is 279. The van der Waals surface area contributed by atoms with Crippen LogP contribution in [0, 0.1) is 11.8 Å². The molecule has 1 aromatic carbocycles. The topological polar surface area (TPSA) is 26.0 Å². The van der Waals surface area contributed by atoms with Gasteiger partial charge in [0.25, 0.3) is 0 Å². The first kappa shape index (κ1) is 8.41. The highest BCUT2D eigenvalue weighted by atomic mass is 127. The van der Waals surface area contributed by atoms with Gasteiger partial charge in [0.05, 0.1) is 4.43 Å². The van der Waals surface area contributed by atoms with Gasteiger partial charge < -0.3 is 5.73 Å². The van der Waals surface area contributed by atoms with Crippen LogP contribution in [0.1, 0.15) is 5.56 Å². The molecule has 0 saturated heterocycles. The van der Waals surface area contributed by atoms with Crippen LogP contribution in [-0.2, 0) is 0 Å². The molecule has 0 bridgehead atoms. The van der Waals surface area contributed by atoms with Gasteiger partial charge in [-0.15, -0.1) is 0 Å². The Balaban J connectivity index is 2.82. The Morgan fingerprint density at radius 2 is 1.91 bits per heavy atom. The number of nitrogens with two attached hydrogens (primary N) is 1. The van der Waals surface area contributed by atoms with Gasteiger partial charge in [0.2, 0.25) is 0 Å². The van der Waals surface area contributed by atoms with Crippen LogP contribution in [0.5, 0.6) is 0 Å². The maximum absolute atomic E-state index is 5.51. The lowest BCUT2D eigenvalue weighted by Gasteiger charge is -1.90. The van der Waals surface area contributed by atoms with Crippen molar-refractivity contribution in [3.63, 3.8) is 0 Å². The van der Waals surface area contributed by atoms with E-state index in [2.05, 4.69) is 34.4 Å². The van der Waals surface area contributed by atoms with Crippen molar-refractivity contribution in [2.45, 2.75) is 0 Å². The quantitative estimate of drug-likeness (QED) is 0.327. The van der Waals surface area contributed by atoms with Crippen molar-refractivity contribution >= 4 is 28.3 Å². The molecule has 0 radical (unpaired) electrons. The number of halogens is 1. The molecule has 0 aliphatic carbocycles. The maximum atomic E-state index is 5.51. The van der Waals surface area contributed by atoms with Crippen LogP contribution >= 0.6 is 22.6 Å². The van der Waals surface area contributed by atoms with Crippen molar-refractivity contribution in [2.24, 2.45) is 0 Å². The first-order valence-corrected chi connectivity index (χ1v) is 4.76. The molecule has 0 atom stereocenters. The van der Waals surface area contributed by atoms with Crippen LogP contribution in [0.2, 0.25) is 0 Å². The third-order valence-electron chi connectivity index (χ3n) is 1.21. The van der Waals surface area contributed by atoms with E-state index in [4.69, 9.17) is 5.73 Å². The number of hydrogen-bond donors (Lipinski definition) is 1. The molecule has 11 heavy (non-hydrogen) atoms. The molecular formula is C9H8IN. The van der Waals surface area contributed by atoms with Gasteiger partial charge in [-0.3, -0.25) is 0 Å². The molecule has 0 unspecified atom stereocenters. The maximum Gasteiger partial charge on any atom is 0.0613 e. The fraction of sp³-hybridized carbons (Fsp3) is 0.111. The second-order valence-corrected chi connectivity index (χ2v) is 2.82. The lowest BCUT2D eigenvalue weighted by atomic mass is 10.2. The summed E-state index contributed by atoms with van der Waals surface area (Å²) in [6, 6.07) is 7.57. The molecule has 0 fully saturated rings. The monoisotopic (exact) mass is 257 g/mol. The summed E-state index contributed by atoms with van der Waals surface area (Å²) in [5.41, 5.74) is 7.31. The summed E-state index contributed by atoms with van der Waals surface area (Å²) in [4.78, 5) is 0. The van der Waals surface area contributed by atoms with Crippen molar-refractivity contribution in [1.82, 2.24) is 0 Å². The molecule has 0 aliphatic heterocycles. The van der Waals surface area contributed by atoms with E-state index < -0.39 is 0 Å². The van der Waals surface area contributed by atoms with E-state index in [1.54, 1.807) is 0 Å². The van der Waals surface area contributed by atoms with Crippen LogP contribution in [0.25, 0.3) is 0 Å². The van der Waals surface area contributed by atoms with E-state index in [-0.39, 0.29) is 0 Å². The summed E-state index contributed by atoms with van der Waals surface area (Å²) in [7, 11) is 0. The lowest BCUT2D eigenvalue weighted by molar-refractivity contribution is 1.63. The van der Waals surface area contributed by atoms with E-state index in [9.17, 15) is 0 Å². The Kier molecular flexibility index (Phi) is 3.24. The molecule has 0 heterocycles. The molecule has 56 valence electrons. The van der Waals surface area contributed by atoms with E-state index >= 15 is 0 Å². The average Bonchev–Trinajstić information content (AvgIpc) is 2.04. The third-order valence-corrected chi connectivity index (χ3v) is 1.59. The van der Waals surface area contributed by atoms with Gasteiger partial charge in [0.15, 0.2) is 0 Å². The second-order valence-electron chi connectivity index (χ2n) is 2.06. The van der Waals surface area contributed by atoms with Gasteiger partial charge >= 0.3 is 0 Å². The van der Waals surface area contributed by atoms with Crippen molar-refractivity contribution in [3.8, 4) is 11.8 Å². The minimum Gasteiger partial charge on any atom is -0.399 e. The number of nitrogen functional groups attached to an aromatic ring is 1. The summed E-state index contributed by atoms with van der Waals surface area (Å²) in [6.07, 6.45) is 0. The molecular weight excluding hydrogens is 249 g/mol. The molecule has 0 aliphatic rings.